The Morgan fingerprint density at radius 3 is 2.60 bits per heavy atom. The summed E-state index contributed by atoms with van der Waals surface area (Å²) >= 11 is 0. The Labute approximate surface area is 85.0 Å². The maximum atomic E-state index is 13.0. The van der Waals surface area contributed by atoms with Crippen LogP contribution in [0.15, 0.2) is 12.1 Å². The van der Waals surface area contributed by atoms with Crippen molar-refractivity contribution in [2.75, 3.05) is 0 Å². The lowest BCUT2D eigenvalue weighted by Crippen LogP contribution is -2.22. The van der Waals surface area contributed by atoms with Gasteiger partial charge >= 0.3 is 5.97 Å². The van der Waals surface area contributed by atoms with Crippen molar-refractivity contribution in [1.29, 1.82) is 0 Å². The highest BCUT2D eigenvalue weighted by Crippen LogP contribution is 2.17. The van der Waals surface area contributed by atoms with E-state index in [0.29, 0.717) is 0 Å². The molecule has 0 aliphatic heterocycles. The van der Waals surface area contributed by atoms with Crippen molar-refractivity contribution in [3.8, 4) is 0 Å². The highest BCUT2D eigenvalue weighted by molar-refractivity contribution is 5.72. The van der Waals surface area contributed by atoms with Gasteiger partial charge in [-0.25, -0.2) is 13.6 Å². The Morgan fingerprint density at radius 2 is 2.07 bits per heavy atom. The van der Waals surface area contributed by atoms with Crippen LogP contribution in [0.2, 0.25) is 0 Å². The molecule has 1 aromatic rings. The lowest BCUT2D eigenvalue weighted by atomic mass is 10.0. The lowest BCUT2D eigenvalue weighted by Gasteiger charge is -2.09. The summed E-state index contributed by atoms with van der Waals surface area (Å²) in [6.07, 6.45) is -1.84. The van der Waals surface area contributed by atoms with Gasteiger partial charge in [0.25, 0.3) is 0 Å². The summed E-state index contributed by atoms with van der Waals surface area (Å²) in [6.45, 7) is 1.34. The molecule has 15 heavy (non-hydrogen) atoms. The first-order valence-electron chi connectivity index (χ1n) is 4.28. The van der Waals surface area contributed by atoms with Crippen LogP contribution in [0.25, 0.3) is 0 Å². The van der Waals surface area contributed by atoms with Crippen LogP contribution in [-0.4, -0.2) is 22.3 Å². The molecule has 1 atom stereocenters. The first-order valence-corrected chi connectivity index (χ1v) is 4.28. The van der Waals surface area contributed by atoms with E-state index >= 15 is 0 Å². The normalized spacial score (nSPS) is 12.5. The Morgan fingerprint density at radius 1 is 1.47 bits per heavy atom. The summed E-state index contributed by atoms with van der Waals surface area (Å²) < 4.78 is 25.7. The topological polar surface area (TPSA) is 57.5 Å². The predicted octanol–water partition coefficient (Wildman–Crippen LogP) is 1.26. The molecule has 0 spiro atoms. The molecular weight excluding hydrogens is 206 g/mol. The molecule has 2 N–H and O–H groups in total. The molecule has 0 saturated carbocycles. The molecule has 0 bridgehead atoms. The summed E-state index contributed by atoms with van der Waals surface area (Å²) in [6, 6.07) is 2.17. The minimum Gasteiger partial charge on any atom is -0.479 e. The van der Waals surface area contributed by atoms with Crippen LogP contribution in [0.5, 0.6) is 0 Å². The zero-order valence-electron chi connectivity index (χ0n) is 8.00. The summed E-state index contributed by atoms with van der Waals surface area (Å²) in [5, 5.41) is 17.5. The standard InChI is InChI=1S/C10H10F2O3/c1-5-6(4-8(13)10(14)15)2-3-7(11)9(5)12/h2-3,8,13H,4H2,1H3,(H,14,15). The maximum Gasteiger partial charge on any atom is 0.332 e. The van der Waals surface area contributed by atoms with Gasteiger partial charge in [-0.15, -0.1) is 0 Å². The number of aliphatic hydroxyl groups excluding tert-OH is 1. The van der Waals surface area contributed by atoms with Crippen LogP contribution in [0.3, 0.4) is 0 Å². The molecule has 0 amide bonds. The first kappa shape index (κ1) is 11.6. The SMILES string of the molecule is Cc1c(CC(O)C(=O)O)ccc(F)c1F. The van der Waals surface area contributed by atoms with Crippen LogP contribution in [0, 0.1) is 18.6 Å². The largest absolute Gasteiger partial charge is 0.479 e. The van der Waals surface area contributed by atoms with Crippen molar-refractivity contribution in [1.82, 2.24) is 0 Å². The zero-order chi connectivity index (χ0) is 11.6. The molecule has 1 rings (SSSR count). The van der Waals surface area contributed by atoms with E-state index in [-0.39, 0.29) is 17.5 Å². The van der Waals surface area contributed by atoms with E-state index in [1.54, 1.807) is 0 Å². The molecule has 3 nitrogen and oxygen atoms in total. The van der Waals surface area contributed by atoms with Gasteiger partial charge in [0, 0.05) is 6.42 Å². The fraction of sp³-hybridized carbons (Fsp3) is 0.300. The van der Waals surface area contributed by atoms with Gasteiger partial charge in [0.2, 0.25) is 0 Å². The van der Waals surface area contributed by atoms with Gasteiger partial charge < -0.3 is 10.2 Å². The average Bonchev–Trinajstić information content (AvgIpc) is 2.18. The Hall–Kier alpha value is -1.49. The maximum absolute atomic E-state index is 13.0. The van der Waals surface area contributed by atoms with E-state index in [9.17, 15) is 13.6 Å². The fourth-order valence-electron chi connectivity index (χ4n) is 1.21. The third kappa shape index (κ3) is 2.50. The van der Waals surface area contributed by atoms with Gasteiger partial charge in [-0.3, -0.25) is 0 Å². The molecule has 0 heterocycles. The van der Waals surface area contributed by atoms with E-state index in [1.807, 2.05) is 0 Å². The lowest BCUT2D eigenvalue weighted by molar-refractivity contribution is -0.146. The van der Waals surface area contributed by atoms with Crippen LogP contribution in [-0.2, 0) is 11.2 Å². The number of hydrogen-bond acceptors (Lipinski definition) is 2. The van der Waals surface area contributed by atoms with Crippen molar-refractivity contribution < 1.29 is 23.8 Å². The second-order valence-electron chi connectivity index (χ2n) is 3.20. The van der Waals surface area contributed by atoms with Gasteiger partial charge in [-0.2, -0.15) is 0 Å². The number of aliphatic hydroxyl groups is 1. The third-order valence-corrected chi connectivity index (χ3v) is 2.15. The summed E-state index contributed by atoms with van der Waals surface area (Å²) in [7, 11) is 0. The highest BCUT2D eigenvalue weighted by atomic mass is 19.2. The van der Waals surface area contributed by atoms with E-state index in [1.165, 1.54) is 13.0 Å². The highest BCUT2D eigenvalue weighted by Gasteiger charge is 2.17. The van der Waals surface area contributed by atoms with Crippen molar-refractivity contribution in [3.63, 3.8) is 0 Å². The van der Waals surface area contributed by atoms with E-state index < -0.39 is 23.7 Å². The number of carboxylic acid groups (broad SMARTS) is 1. The fourth-order valence-corrected chi connectivity index (χ4v) is 1.21. The number of aliphatic carboxylic acids is 1. The molecule has 82 valence electrons. The molecule has 1 unspecified atom stereocenters. The van der Waals surface area contributed by atoms with Crippen LogP contribution in [0.1, 0.15) is 11.1 Å². The molecule has 0 radical (unpaired) electrons. The minimum atomic E-state index is -1.60. The Kier molecular flexibility index (Phi) is 3.36. The predicted molar refractivity (Wildman–Crippen MR) is 48.4 cm³/mol. The van der Waals surface area contributed by atoms with Crippen molar-refractivity contribution in [2.24, 2.45) is 0 Å². The van der Waals surface area contributed by atoms with E-state index in [2.05, 4.69) is 0 Å². The third-order valence-electron chi connectivity index (χ3n) is 2.15. The minimum absolute atomic E-state index is 0.0234. The summed E-state index contributed by atoms with van der Waals surface area (Å²) in [4.78, 5) is 10.3. The molecule has 1 aromatic carbocycles. The second kappa shape index (κ2) is 4.35. The number of benzene rings is 1. The van der Waals surface area contributed by atoms with Crippen LogP contribution in [0.4, 0.5) is 8.78 Å². The molecule has 0 aliphatic carbocycles. The van der Waals surface area contributed by atoms with Crippen molar-refractivity contribution in [2.45, 2.75) is 19.4 Å². The van der Waals surface area contributed by atoms with Gasteiger partial charge in [-0.05, 0) is 24.1 Å². The van der Waals surface area contributed by atoms with Crippen molar-refractivity contribution >= 4 is 5.97 Å². The number of rotatable bonds is 3. The number of carboxylic acids is 1. The molecule has 0 saturated heterocycles. The van der Waals surface area contributed by atoms with Gasteiger partial charge in [0.15, 0.2) is 17.7 Å². The first-order chi connectivity index (χ1) is 6.93. The monoisotopic (exact) mass is 216 g/mol. The smallest absolute Gasteiger partial charge is 0.332 e. The molecule has 0 fully saturated rings. The van der Waals surface area contributed by atoms with Crippen LogP contribution >= 0.6 is 0 Å². The van der Waals surface area contributed by atoms with Crippen molar-refractivity contribution in [3.05, 3.63) is 34.9 Å². The summed E-state index contributed by atoms with van der Waals surface area (Å²) in [5.74, 6) is -3.38. The number of halogens is 2. The average molecular weight is 216 g/mol. The quantitative estimate of drug-likeness (QED) is 0.799. The Balaban J connectivity index is 2.97. The van der Waals surface area contributed by atoms with Gasteiger partial charge in [-0.1, -0.05) is 6.07 Å². The number of hydrogen-bond donors (Lipinski definition) is 2. The molecule has 0 aliphatic rings. The molecule has 0 aromatic heterocycles. The second-order valence-corrected chi connectivity index (χ2v) is 3.20. The Bertz CT molecular complexity index is 390. The van der Waals surface area contributed by atoms with E-state index in [4.69, 9.17) is 10.2 Å². The summed E-state index contributed by atoms with van der Waals surface area (Å²) in [5.41, 5.74) is 0.305. The van der Waals surface area contributed by atoms with Gasteiger partial charge in [0.1, 0.15) is 0 Å². The molecular formula is C10H10F2O3. The zero-order valence-corrected chi connectivity index (χ0v) is 8.00. The van der Waals surface area contributed by atoms with Gasteiger partial charge in [0.05, 0.1) is 0 Å². The van der Waals surface area contributed by atoms with Crippen LogP contribution < -0.4 is 0 Å². The molecule has 5 heteroatoms. The number of carbonyl (C=O) groups is 1. The van der Waals surface area contributed by atoms with E-state index in [0.717, 1.165) is 6.07 Å².